The van der Waals surface area contributed by atoms with Crippen molar-refractivity contribution in [3.63, 3.8) is 0 Å². The predicted octanol–water partition coefficient (Wildman–Crippen LogP) is 2.52. The number of hydrogen-bond acceptors (Lipinski definition) is 3. The third kappa shape index (κ3) is 4.74. The highest BCUT2D eigenvalue weighted by Crippen LogP contribution is 2.21. The Morgan fingerprint density at radius 1 is 1.11 bits per heavy atom. The molecule has 1 heterocycles. The maximum absolute atomic E-state index is 12.4. The van der Waals surface area contributed by atoms with Gasteiger partial charge in [-0.15, -0.1) is 0 Å². The molecule has 1 aliphatic heterocycles. The molecular weight excluding hydrogens is 338 g/mol. The zero-order valence-electron chi connectivity index (χ0n) is 16.0. The Bertz CT molecular complexity index is 774. The fraction of sp³-hybridized carbons (Fsp3) is 0.364. The van der Waals surface area contributed by atoms with E-state index in [9.17, 15) is 9.59 Å². The first-order chi connectivity index (χ1) is 13.1. The summed E-state index contributed by atoms with van der Waals surface area (Å²) in [7, 11) is 1.77. The predicted molar refractivity (Wildman–Crippen MR) is 107 cm³/mol. The highest BCUT2D eigenvalue weighted by Gasteiger charge is 2.32. The van der Waals surface area contributed by atoms with E-state index in [2.05, 4.69) is 46.6 Å². The zero-order chi connectivity index (χ0) is 19.2. The lowest BCUT2D eigenvalue weighted by molar-refractivity contribution is -0.138. The summed E-state index contributed by atoms with van der Waals surface area (Å²) in [6.45, 7) is 4.62. The van der Waals surface area contributed by atoms with E-state index in [-0.39, 0.29) is 18.2 Å². The number of nitrogens with one attached hydrogen (secondary N) is 1. The Labute approximate surface area is 161 Å². The minimum Gasteiger partial charge on any atom is -0.353 e. The monoisotopic (exact) mass is 365 g/mol. The second kappa shape index (κ2) is 8.82. The van der Waals surface area contributed by atoms with Gasteiger partial charge in [0, 0.05) is 33.2 Å². The molecule has 1 saturated heterocycles. The maximum atomic E-state index is 12.4. The van der Waals surface area contributed by atoms with Crippen LogP contribution in [0.25, 0.3) is 11.1 Å². The molecule has 0 saturated carbocycles. The molecule has 0 unspecified atom stereocenters. The second-order valence-corrected chi connectivity index (χ2v) is 6.95. The summed E-state index contributed by atoms with van der Waals surface area (Å²) in [5.41, 5.74) is 3.50. The van der Waals surface area contributed by atoms with Crippen LogP contribution in [-0.2, 0) is 16.1 Å². The van der Waals surface area contributed by atoms with E-state index in [4.69, 9.17) is 0 Å². The summed E-state index contributed by atoms with van der Waals surface area (Å²) < 4.78 is 0. The number of amides is 2. The van der Waals surface area contributed by atoms with Crippen molar-refractivity contribution in [3.8, 4) is 11.1 Å². The summed E-state index contributed by atoms with van der Waals surface area (Å²) in [5, 5.41) is 2.89. The number of rotatable bonds is 6. The third-order valence-electron chi connectivity index (χ3n) is 5.16. The normalized spacial score (nSPS) is 17.4. The van der Waals surface area contributed by atoms with Crippen LogP contribution in [0.4, 0.5) is 0 Å². The van der Waals surface area contributed by atoms with E-state index in [1.165, 1.54) is 11.1 Å². The minimum absolute atomic E-state index is 0.00368. The minimum atomic E-state index is -0.408. The van der Waals surface area contributed by atoms with Crippen molar-refractivity contribution in [1.82, 2.24) is 15.1 Å². The maximum Gasteiger partial charge on any atom is 0.237 e. The zero-order valence-corrected chi connectivity index (χ0v) is 16.0. The first-order valence-corrected chi connectivity index (χ1v) is 9.48. The molecule has 3 rings (SSSR count). The average molecular weight is 365 g/mol. The van der Waals surface area contributed by atoms with Crippen molar-refractivity contribution in [2.45, 2.75) is 25.9 Å². The molecule has 0 spiro atoms. The highest BCUT2D eigenvalue weighted by atomic mass is 16.2. The van der Waals surface area contributed by atoms with Gasteiger partial charge < -0.3 is 10.2 Å². The van der Waals surface area contributed by atoms with Gasteiger partial charge in [0.25, 0.3) is 0 Å². The number of piperazine rings is 1. The van der Waals surface area contributed by atoms with Crippen LogP contribution in [0.1, 0.15) is 18.9 Å². The molecule has 0 radical (unpaired) electrons. The van der Waals surface area contributed by atoms with Crippen LogP contribution in [0.15, 0.2) is 54.6 Å². The van der Waals surface area contributed by atoms with Crippen LogP contribution >= 0.6 is 0 Å². The number of carbonyl (C=O) groups excluding carboxylic acids is 2. The van der Waals surface area contributed by atoms with Crippen molar-refractivity contribution in [3.05, 3.63) is 60.2 Å². The molecule has 1 fully saturated rings. The number of carbonyl (C=O) groups is 2. The van der Waals surface area contributed by atoms with Gasteiger partial charge in [-0.1, -0.05) is 54.6 Å². The van der Waals surface area contributed by atoms with Crippen molar-refractivity contribution in [2.75, 3.05) is 26.7 Å². The molecule has 0 bridgehead atoms. The first kappa shape index (κ1) is 19.1. The molecule has 2 aromatic rings. The van der Waals surface area contributed by atoms with E-state index >= 15 is 0 Å². The molecule has 2 aromatic carbocycles. The Kier molecular flexibility index (Phi) is 6.24. The van der Waals surface area contributed by atoms with Gasteiger partial charge in [0.15, 0.2) is 0 Å². The van der Waals surface area contributed by atoms with Crippen molar-refractivity contribution in [2.24, 2.45) is 0 Å². The van der Waals surface area contributed by atoms with Crippen LogP contribution in [0.3, 0.4) is 0 Å². The number of hydrogen-bond donors (Lipinski definition) is 1. The summed E-state index contributed by atoms with van der Waals surface area (Å²) in [4.78, 5) is 28.4. The molecule has 2 amide bonds. The van der Waals surface area contributed by atoms with Crippen LogP contribution < -0.4 is 5.32 Å². The molecule has 142 valence electrons. The largest absolute Gasteiger partial charge is 0.353 e. The van der Waals surface area contributed by atoms with Gasteiger partial charge in [-0.25, -0.2) is 0 Å². The molecule has 5 nitrogen and oxygen atoms in total. The Hall–Kier alpha value is -2.66. The van der Waals surface area contributed by atoms with E-state index in [0.29, 0.717) is 19.6 Å². The van der Waals surface area contributed by atoms with Crippen LogP contribution in [0.2, 0.25) is 0 Å². The number of benzene rings is 2. The molecule has 1 atom stereocenters. The third-order valence-corrected chi connectivity index (χ3v) is 5.16. The molecule has 1 aliphatic rings. The fourth-order valence-electron chi connectivity index (χ4n) is 3.34. The Balaban J connectivity index is 1.70. The molecule has 0 aliphatic carbocycles. The average Bonchev–Trinajstić information content (AvgIpc) is 2.71. The van der Waals surface area contributed by atoms with Crippen LogP contribution in [-0.4, -0.2) is 54.3 Å². The lowest BCUT2D eigenvalue weighted by Crippen LogP contribution is -2.56. The van der Waals surface area contributed by atoms with Crippen LogP contribution in [0.5, 0.6) is 0 Å². The van der Waals surface area contributed by atoms with Gasteiger partial charge in [0.2, 0.25) is 11.8 Å². The second-order valence-electron chi connectivity index (χ2n) is 6.95. The first-order valence-electron chi connectivity index (χ1n) is 9.48. The summed E-state index contributed by atoms with van der Waals surface area (Å²) in [6, 6.07) is 18.3. The lowest BCUT2D eigenvalue weighted by atomic mass is 10.0. The molecule has 0 aromatic heterocycles. The highest BCUT2D eigenvalue weighted by molar-refractivity contribution is 5.88. The van der Waals surface area contributed by atoms with Crippen molar-refractivity contribution in [1.29, 1.82) is 0 Å². The summed E-state index contributed by atoms with van der Waals surface area (Å²) >= 11 is 0. The molecule has 27 heavy (non-hydrogen) atoms. The van der Waals surface area contributed by atoms with Gasteiger partial charge in [-0.2, -0.15) is 0 Å². The molecule has 5 heteroatoms. The SMILES string of the molecule is CCN(C)C(=O)C[C@@H]1C(=O)NCCN1Cc1ccc(-c2ccccc2)cc1. The van der Waals surface area contributed by atoms with E-state index in [1.54, 1.807) is 11.9 Å². The van der Waals surface area contributed by atoms with E-state index < -0.39 is 6.04 Å². The number of nitrogens with zero attached hydrogens (tertiary/aromatic N) is 2. The Morgan fingerprint density at radius 3 is 2.44 bits per heavy atom. The summed E-state index contributed by atoms with van der Waals surface area (Å²) in [6.07, 6.45) is 0.221. The van der Waals surface area contributed by atoms with Gasteiger partial charge in [0.05, 0.1) is 12.5 Å². The topological polar surface area (TPSA) is 52.7 Å². The van der Waals surface area contributed by atoms with Gasteiger partial charge >= 0.3 is 0 Å². The quantitative estimate of drug-likeness (QED) is 0.856. The van der Waals surface area contributed by atoms with Crippen molar-refractivity contribution < 1.29 is 9.59 Å². The van der Waals surface area contributed by atoms with E-state index in [1.807, 2.05) is 25.1 Å². The standard InChI is InChI=1S/C22H27N3O2/c1-3-24(2)21(26)15-20-22(27)23-13-14-25(20)16-17-9-11-19(12-10-17)18-7-5-4-6-8-18/h4-12,20H,3,13-16H2,1-2H3,(H,23,27)/t20-/m1/s1. The van der Waals surface area contributed by atoms with E-state index in [0.717, 1.165) is 12.1 Å². The Morgan fingerprint density at radius 2 is 1.78 bits per heavy atom. The molecular formula is C22H27N3O2. The van der Waals surface area contributed by atoms with Gasteiger partial charge in [0.1, 0.15) is 0 Å². The lowest BCUT2D eigenvalue weighted by Gasteiger charge is -2.35. The fourth-order valence-corrected chi connectivity index (χ4v) is 3.34. The van der Waals surface area contributed by atoms with Gasteiger partial charge in [-0.3, -0.25) is 14.5 Å². The van der Waals surface area contributed by atoms with Gasteiger partial charge in [-0.05, 0) is 23.6 Å². The summed E-state index contributed by atoms with van der Waals surface area (Å²) in [5.74, 6) is -0.0519. The van der Waals surface area contributed by atoms with Crippen LogP contribution in [0, 0.1) is 0 Å². The van der Waals surface area contributed by atoms with Crippen molar-refractivity contribution >= 4 is 11.8 Å². The molecule has 1 N–H and O–H groups in total. The smallest absolute Gasteiger partial charge is 0.237 e.